The zero-order chi connectivity index (χ0) is 27.2. The van der Waals surface area contributed by atoms with E-state index in [9.17, 15) is 27.2 Å². The van der Waals surface area contributed by atoms with E-state index in [-0.39, 0.29) is 60.3 Å². The number of likely N-dealkylation sites (N-methyl/N-ethyl adjacent to an activating group) is 1. The summed E-state index contributed by atoms with van der Waals surface area (Å²) in [7, 11) is 2.85. The lowest BCUT2D eigenvalue weighted by molar-refractivity contribution is -0.188. The lowest BCUT2D eigenvalue weighted by atomic mass is 9.87. The molecule has 13 heteroatoms. The topological polar surface area (TPSA) is 103 Å². The number of aromatic nitrogens is 3. The molecule has 9 nitrogen and oxygen atoms in total. The predicted octanol–water partition coefficient (Wildman–Crippen LogP) is 3.15. The molecule has 206 valence electrons. The van der Waals surface area contributed by atoms with Crippen LogP contribution in [0.3, 0.4) is 0 Å². The van der Waals surface area contributed by atoms with Crippen molar-refractivity contribution < 1.29 is 31.9 Å². The number of piperidine rings is 2. The fourth-order valence-electron chi connectivity index (χ4n) is 5.79. The van der Waals surface area contributed by atoms with E-state index in [1.807, 2.05) is 0 Å². The summed E-state index contributed by atoms with van der Waals surface area (Å²) < 4.78 is 58.8. The van der Waals surface area contributed by atoms with E-state index in [4.69, 9.17) is 4.74 Å². The Labute approximate surface area is 216 Å². The van der Waals surface area contributed by atoms with Crippen LogP contribution in [-0.4, -0.2) is 87.8 Å². The van der Waals surface area contributed by atoms with Crippen molar-refractivity contribution in [2.75, 3.05) is 27.2 Å². The summed E-state index contributed by atoms with van der Waals surface area (Å²) in [6.45, 7) is 0.501. The van der Waals surface area contributed by atoms with Crippen molar-refractivity contribution in [3.05, 3.63) is 29.8 Å². The SMILES string of the molecule is COc1cc(-c2cc(C(=O)N3CC[C@@H](C(=O)N[C@@H]4CC[C@@H](C(F)(F)F)N(C)C4)CC34CC4)n[nH]2)c(F)cn1. The zero-order valence-electron chi connectivity index (χ0n) is 21.1. The van der Waals surface area contributed by atoms with Gasteiger partial charge in [0, 0.05) is 42.2 Å². The van der Waals surface area contributed by atoms with Gasteiger partial charge in [0.1, 0.15) is 6.04 Å². The number of halogens is 4. The van der Waals surface area contributed by atoms with Gasteiger partial charge in [0.15, 0.2) is 11.5 Å². The Hall–Kier alpha value is -3.22. The van der Waals surface area contributed by atoms with Crippen molar-refractivity contribution in [3.8, 4) is 17.1 Å². The summed E-state index contributed by atoms with van der Waals surface area (Å²) in [4.78, 5) is 33.2. The largest absolute Gasteiger partial charge is 0.481 e. The highest BCUT2D eigenvalue weighted by molar-refractivity contribution is 5.94. The van der Waals surface area contributed by atoms with Gasteiger partial charge in [-0.3, -0.25) is 19.6 Å². The quantitative estimate of drug-likeness (QED) is 0.567. The van der Waals surface area contributed by atoms with E-state index in [1.54, 1.807) is 4.90 Å². The Morgan fingerprint density at radius 2 is 1.97 bits per heavy atom. The molecule has 0 radical (unpaired) electrons. The number of rotatable bonds is 5. The number of ether oxygens (including phenoxy) is 1. The molecule has 2 saturated heterocycles. The number of hydrogen-bond acceptors (Lipinski definition) is 6. The minimum absolute atomic E-state index is 0.0519. The summed E-state index contributed by atoms with van der Waals surface area (Å²) >= 11 is 0. The smallest absolute Gasteiger partial charge is 0.404 e. The summed E-state index contributed by atoms with van der Waals surface area (Å²) in [6.07, 6.45) is -0.573. The number of H-pyrrole nitrogens is 1. The van der Waals surface area contributed by atoms with Gasteiger partial charge in [0.05, 0.1) is 19.0 Å². The minimum atomic E-state index is -4.28. The molecule has 2 N–H and O–H groups in total. The van der Waals surface area contributed by atoms with Gasteiger partial charge in [-0.05, 0) is 51.6 Å². The van der Waals surface area contributed by atoms with Crippen molar-refractivity contribution in [2.45, 2.75) is 62.3 Å². The summed E-state index contributed by atoms with van der Waals surface area (Å²) in [6, 6.07) is 1.08. The Bertz CT molecular complexity index is 1210. The number of nitrogens with one attached hydrogen (secondary N) is 2. The van der Waals surface area contributed by atoms with Gasteiger partial charge in [-0.1, -0.05) is 0 Å². The Kier molecular flexibility index (Phi) is 6.82. The van der Waals surface area contributed by atoms with E-state index in [0.29, 0.717) is 25.1 Å². The molecule has 2 aromatic rings. The van der Waals surface area contributed by atoms with Crippen molar-refractivity contribution in [3.63, 3.8) is 0 Å². The molecule has 0 unspecified atom stereocenters. The third-order valence-electron chi connectivity index (χ3n) is 8.02. The average molecular weight is 539 g/mol. The zero-order valence-corrected chi connectivity index (χ0v) is 21.1. The fourth-order valence-corrected chi connectivity index (χ4v) is 5.79. The lowest BCUT2D eigenvalue weighted by Gasteiger charge is -2.41. The van der Waals surface area contributed by atoms with E-state index in [2.05, 4.69) is 20.5 Å². The van der Waals surface area contributed by atoms with Crippen molar-refractivity contribution >= 4 is 11.8 Å². The van der Waals surface area contributed by atoms with Gasteiger partial charge in [0.25, 0.3) is 5.91 Å². The highest BCUT2D eigenvalue weighted by Gasteiger charge is 2.55. The summed E-state index contributed by atoms with van der Waals surface area (Å²) in [5, 5.41) is 9.77. The van der Waals surface area contributed by atoms with Crippen LogP contribution in [0, 0.1) is 11.7 Å². The van der Waals surface area contributed by atoms with Gasteiger partial charge in [-0.15, -0.1) is 0 Å². The first-order valence-electron chi connectivity index (χ1n) is 12.7. The van der Waals surface area contributed by atoms with Crippen LogP contribution in [0.5, 0.6) is 5.88 Å². The van der Waals surface area contributed by atoms with Gasteiger partial charge in [-0.25, -0.2) is 9.37 Å². The van der Waals surface area contributed by atoms with Crippen LogP contribution >= 0.6 is 0 Å². The number of hydrogen-bond donors (Lipinski definition) is 2. The third kappa shape index (κ3) is 5.07. The van der Waals surface area contributed by atoms with Crippen LogP contribution in [0.15, 0.2) is 18.3 Å². The highest BCUT2D eigenvalue weighted by atomic mass is 19.4. The molecule has 3 fully saturated rings. The Morgan fingerprint density at radius 3 is 2.63 bits per heavy atom. The van der Waals surface area contributed by atoms with Crippen LogP contribution < -0.4 is 10.1 Å². The molecule has 4 heterocycles. The molecule has 2 aliphatic heterocycles. The van der Waals surface area contributed by atoms with Gasteiger partial charge in [0.2, 0.25) is 11.8 Å². The first-order chi connectivity index (χ1) is 18.0. The van der Waals surface area contributed by atoms with Crippen molar-refractivity contribution in [1.29, 1.82) is 0 Å². The highest BCUT2D eigenvalue weighted by Crippen LogP contribution is 2.50. The third-order valence-corrected chi connectivity index (χ3v) is 8.02. The standard InChI is InChI=1S/C25H30F4N6O3/c1-34-13-15(3-4-20(34)25(27,28)29)31-22(36)14-5-8-35(24(11-14)6-7-24)23(37)19-10-18(32-33-19)16-9-21(38-2)30-12-17(16)26/h9-10,12,14-15,20H,3-8,11,13H2,1-2H3,(H,31,36)(H,32,33)/t14-,15-,20+/m1/s1. The second kappa shape index (κ2) is 9.83. The van der Waals surface area contributed by atoms with Crippen LogP contribution in [0.25, 0.3) is 11.3 Å². The molecule has 3 atom stereocenters. The van der Waals surface area contributed by atoms with Crippen LogP contribution in [0.4, 0.5) is 17.6 Å². The molecular formula is C25H30F4N6O3. The van der Waals surface area contributed by atoms with Gasteiger partial charge >= 0.3 is 6.18 Å². The molecule has 0 aromatic carbocycles. The normalized spacial score (nSPS) is 25.3. The number of carbonyl (C=O) groups is 2. The summed E-state index contributed by atoms with van der Waals surface area (Å²) in [5.74, 6) is -1.15. The Balaban J connectivity index is 1.21. The van der Waals surface area contributed by atoms with Gasteiger partial charge < -0.3 is 15.0 Å². The minimum Gasteiger partial charge on any atom is -0.481 e. The number of amides is 2. The number of alkyl halides is 3. The second-order valence-corrected chi connectivity index (χ2v) is 10.5. The van der Waals surface area contributed by atoms with Crippen LogP contribution in [-0.2, 0) is 4.79 Å². The molecule has 5 rings (SSSR count). The Morgan fingerprint density at radius 1 is 1.21 bits per heavy atom. The number of nitrogens with zero attached hydrogens (tertiary/aromatic N) is 4. The molecule has 1 spiro atoms. The summed E-state index contributed by atoms with van der Waals surface area (Å²) in [5.41, 5.74) is 0.200. The molecule has 1 saturated carbocycles. The molecule has 2 amide bonds. The lowest BCUT2D eigenvalue weighted by Crippen LogP contribution is -2.56. The number of carbonyl (C=O) groups excluding carboxylic acids is 2. The number of aromatic amines is 1. The second-order valence-electron chi connectivity index (χ2n) is 10.5. The number of methoxy groups -OCH3 is 1. The maximum Gasteiger partial charge on any atom is 0.404 e. The first kappa shape index (κ1) is 26.4. The van der Waals surface area contributed by atoms with Crippen LogP contribution in [0.1, 0.15) is 49.0 Å². The van der Waals surface area contributed by atoms with Crippen LogP contribution in [0.2, 0.25) is 0 Å². The van der Waals surface area contributed by atoms with Crippen molar-refractivity contribution in [1.82, 2.24) is 30.3 Å². The van der Waals surface area contributed by atoms with E-state index in [0.717, 1.165) is 19.0 Å². The first-order valence-corrected chi connectivity index (χ1v) is 12.7. The van der Waals surface area contributed by atoms with Crippen molar-refractivity contribution in [2.24, 2.45) is 5.92 Å². The maximum atomic E-state index is 14.3. The molecule has 3 aliphatic rings. The van der Waals surface area contributed by atoms with E-state index in [1.165, 1.54) is 31.2 Å². The van der Waals surface area contributed by atoms with E-state index >= 15 is 0 Å². The number of likely N-dealkylation sites (tertiary alicyclic amines) is 2. The molecule has 0 bridgehead atoms. The molecule has 2 aromatic heterocycles. The maximum absolute atomic E-state index is 14.3. The van der Waals surface area contributed by atoms with E-state index < -0.39 is 23.6 Å². The average Bonchev–Trinajstić information content (AvgIpc) is 3.44. The predicted molar refractivity (Wildman–Crippen MR) is 128 cm³/mol. The molecule has 38 heavy (non-hydrogen) atoms. The fraction of sp³-hybridized carbons (Fsp3) is 0.600. The molecule has 1 aliphatic carbocycles. The van der Waals surface area contributed by atoms with Gasteiger partial charge in [-0.2, -0.15) is 18.3 Å². The monoisotopic (exact) mass is 538 g/mol. The molecular weight excluding hydrogens is 508 g/mol. The number of pyridine rings is 1.